The van der Waals surface area contributed by atoms with Gasteiger partial charge in [0.25, 0.3) is 0 Å². The average Bonchev–Trinajstić information content (AvgIpc) is 3.19. The molecule has 1 fully saturated rings. The first-order valence-electron chi connectivity index (χ1n) is 6.03. The van der Waals surface area contributed by atoms with Gasteiger partial charge >= 0.3 is 5.97 Å². The molecule has 0 amide bonds. The lowest BCUT2D eigenvalue weighted by Crippen LogP contribution is -2.31. The van der Waals surface area contributed by atoms with Crippen LogP contribution in [0.15, 0.2) is 18.2 Å². The van der Waals surface area contributed by atoms with Gasteiger partial charge in [-0.05, 0) is 25.0 Å². The van der Waals surface area contributed by atoms with E-state index in [9.17, 15) is 4.79 Å². The number of carbonyl (C=O) groups is 1. The van der Waals surface area contributed by atoms with Crippen molar-refractivity contribution in [1.82, 2.24) is 0 Å². The largest absolute Gasteiger partial charge is 0.465 e. The number of aliphatic hydroxyl groups is 1. The van der Waals surface area contributed by atoms with Gasteiger partial charge in [-0.15, -0.1) is 0 Å². The monoisotopic (exact) mass is 250 g/mol. The van der Waals surface area contributed by atoms with E-state index in [0.717, 1.165) is 12.8 Å². The second kappa shape index (κ2) is 5.27. The summed E-state index contributed by atoms with van der Waals surface area (Å²) in [6.07, 6.45) is 2.13. The molecule has 1 saturated carbocycles. The maximum absolute atomic E-state index is 11.8. The summed E-state index contributed by atoms with van der Waals surface area (Å²) in [5.74, 6) is -0.402. The highest BCUT2D eigenvalue weighted by molar-refractivity contribution is 5.99. The molecule has 0 aliphatic heterocycles. The van der Waals surface area contributed by atoms with E-state index in [1.807, 2.05) is 4.90 Å². The number of rotatable bonds is 5. The molecule has 98 valence electrons. The second-order valence-electron chi connectivity index (χ2n) is 4.38. The van der Waals surface area contributed by atoms with Crippen LogP contribution in [0, 0.1) is 0 Å². The molecule has 0 bridgehead atoms. The van der Waals surface area contributed by atoms with Gasteiger partial charge in [-0.3, -0.25) is 0 Å². The zero-order valence-electron chi connectivity index (χ0n) is 10.4. The summed E-state index contributed by atoms with van der Waals surface area (Å²) < 4.78 is 4.78. The number of nitrogens with two attached hydrogens (primary N) is 1. The highest BCUT2D eigenvalue weighted by atomic mass is 16.5. The topological polar surface area (TPSA) is 75.8 Å². The Morgan fingerprint density at radius 2 is 2.28 bits per heavy atom. The van der Waals surface area contributed by atoms with Crippen LogP contribution in [0.5, 0.6) is 0 Å². The predicted octanol–water partition coefficient (Wildman–Crippen LogP) is 1.02. The predicted molar refractivity (Wildman–Crippen MR) is 69.6 cm³/mol. The lowest BCUT2D eigenvalue weighted by atomic mass is 10.1. The van der Waals surface area contributed by atoms with E-state index in [-0.39, 0.29) is 6.61 Å². The first kappa shape index (κ1) is 12.7. The molecule has 2 rings (SSSR count). The van der Waals surface area contributed by atoms with Crippen LogP contribution in [0.25, 0.3) is 0 Å². The first-order valence-corrected chi connectivity index (χ1v) is 6.03. The van der Waals surface area contributed by atoms with Crippen LogP contribution in [0.3, 0.4) is 0 Å². The lowest BCUT2D eigenvalue weighted by Gasteiger charge is -2.27. The molecule has 0 radical (unpaired) electrons. The third-order valence-corrected chi connectivity index (χ3v) is 3.09. The van der Waals surface area contributed by atoms with Gasteiger partial charge in [0.1, 0.15) is 0 Å². The minimum absolute atomic E-state index is 0.0332. The number of esters is 1. The smallest absolute Gasteiger partial charge is 0.340 e. The number of hydrogen-bond donors (Lipinski definition) is 2. The molecule has 18 heavy (non-hydrogen) atoms. The molecule has 1 aromatic carbocycles. The maximum atomic E-state index is 11.8. The summed E-state index contributed by atoms with van der Waals surface area (Å²) >= 11 is 0. The molecule has 0 atom stereocenters. The minimum Gasteiger partial charge on any atom is -0.465 e. The number of methoxy groups -OCH3 is 1. The third-order valence-electron chi connectivity index (χ3n) is 3.09. The molecule has 1 aliphatic rings. The van der Waals surface area contributed by atoms with Crippen molar-refractivity contribution < 1.29 is 14.6 Å². The Balaban J connectivity index is 2.42. The van der Waals surface area contributed by atoms with Crippen molar-refractivity contribution in [2.45, 2.75) is 18.9 Å². The Labute approximate surface area is 106 Å². The van der Waals surface area contributed by atoms with E-state index < -0.39 is 5.97 Å². The summed E-state index contributed by atoms with van der Waals surface area (Å²) in [5, 5.41) is 9.15. The van der Waals surface area contributed by atoms with Crippen molar-refractivity contribution >= 4 is 17.3 Å². The summed E-state index contributed by atoms with van der Waals surface area (Å²) in [7, 11) is 1.35. The van der Waals surface area contributed by atoms with Crippen LogP contribution in [0.1, 0.15) is 23.2 Å². The van der Waals surface area contributed by atoms with E-state index in [2.05, 4.69) is 0 Å². The molecule has 0 spiro atoms. The van der Waals surface area contributed by atoms with Crippen LogP contribution in [0.2, 0.25) is 0 Å². The SMILES string of the molecule is COC(=O)c1cccc(N)c1N(CCO)C1CC1. The fourth-order valence-electron chi connectivity index (χ4n) is 2.13. The highest BCUT2D eigenvalue weighted by Crippen LogP contribution is 2.37. The third kappa shape index (κ3) is 2.41. The number of benzene rings is 1. The molecule has 3 N–H and O–H groups in total. The van der Waals surface area contributed by atoms with Gasteiger partial charge in [-0.25, -0.2) is 4.79 Å². The van der Waals surface area contributed by atoms with E-state index in [1.54, 1.807) is 18.2 Å². The Morgan fingerprint density at radius 3 is 2.83 bits per heavy atom. The number of nitrogens with zero attached hydrogens (tertiary/aromatic N) is 1. The highest BCUT2D eigenvalue weighted by Gasteiger charge is 2.32. The lowest BCUT2D eigenvalue weighted by molar-refractivity contribution is 0.0601. The van der Waals surface area contributed by atoms with Crippen molar-refractivity contribution in [2.75, 3.05) is 30.9 Å². The maximum Gasteiger partial charge on any atom is 0.340 e. The number of ether oxygens (including phenoxy) is 1. The zero-order valence-corrected chi connectivity index (χ0v) is 10.4. The Kier molecular flexibility index (Phi) is 3.72. The van der Waals surface area contributed by atoms with Crippen molar-refractivity contribution in [3.63, 3.8) is 0 Å². The molecule has 0 aromatic heterocycles. The Hall–Kier alpha value is -1.75. The summed E-state index contributed by atoms with van der Waals surface area (Å²) in [4.78, 5) is 13.8. The molecule has 1 aliphatic carbocycles. The summed E-state index contributed by atoms with van der Waals surface area (Å²) in [6.45, 7) is 0.508. The van der Waals surface area contributed by atoms with Gasteiger partial charge in [0, 0.05) is 12.6 Å². The number of para-hydroxylation sites is 1. The Bertz CT molecular complexity index is 444. The van der Waals surface area contributed by atoms with Gasteiger partial charge in [0.05, 0.1) is 30.7 Å². The van der Waals surface area contributed by atoms with Crippen molar-refractivity contribution in [3.05, 3.63) is 23.8 Å². The van der Waals surface area contributed by atoms with Crippen molar-refractivity contribution in [2.24, 2.45) is 0 Å². The van der Waals surface area contributed by atoms with Crippen LogP contribution in [0.4, 0.5) is 11.4 Å². The van der Waals surface area contributed by atoms with Gasteiger partial charge in [-0.1, -0.05) is 6.07 Å². The standard InChI is InChI=1S/C13H18N2O3/c1-18-13(17)10-3-2-4-11(14)12(10)15(7-8-16)9-5-6-9/h2-4,9,16H,5-8,14H2,1H3. The fraction of sp³-hybridized carbons (Fsp3) is 0.462. The van der Waals surface area contributed by atoms with Gasteiger partial charge in [-0.2, -0.15) is 0 Å². The van der Waals surface area contributed by atoms with Crippen LogP contribution >= 0.6 is 0 Å². The van der Waals surface area contributed by atoms with Gasteiger partial charge in [0.2, 0.25) is 0 Å². The quantitative estimate of drug-likeness (QED) is 0.602. The van der Waals surface area contributed by atoms with Crippen LogP contribution in [-0.4, -0.2) is 37.4 Å². The fourth-order valence-corrected chi connectivity index (χ4v) is 2.13. The van der Waals surface area contributed by atoms with E-state index in [0.29, 0.717) is 29.5 Å². The number of nitrogen functional groups attached to an aromatic ring is 1. The number of aliphatic hydroxyl groups excluding tert-OH is 1. The molecule has 0 unspecified atom stereocenters. The van der Waals surface area contributed by atoms with Crippen molar-refractivity contribution in [1.29, 1.82) is 0 Å². The van der Waals surface area contributed by atoms with Crippen LogP contribution in [-0.2, 0) is 4.74 Å². The van der Waals surface area contributed by atoms with E-state index in [4.69, 9.17) is 15.6 Å². The average molecular weight is 250 g/mol. The summed E-state index contributed by atoms with van der Waals surface area (Å²) in [5.41, 5.74) is 7.66. The number of anilines is 2. The van der Waals surface area contributed by atoms with Crippen molar-refractivity contribution in [3.8, 4) is 0 Å². The minimum atomic E-state index is -0.402. The molecule has 0 heterocycles. The molecule has 1 aromatic rings. The molecule has 5 nitrogen and oxygen atoms in total. The summed E-state index contributed by atoms with van der Waals surface area (Å²) in [6, 6.07) is 5.55. The van der Waals surface area contributed by atoms with E-state index in [1.165, 1.54) is 7.11 Å². The Morgan fingerprint density at radius 1 is 1.56 bits per heavy atom. The number of hydrogen-bond acceptors (Lipinski definition) is 5. The second-order valence-corrected chi connectivity index (χ2v) is 4.38. The van der Waals surface area contributed by atoms with Gasteiger partial charge in [0.15, 0.2) is 0 Å². The molecular weight excluding hydrogens is 232 g/mol. The molecular formula is C13H18N2O3. The van der Waals surface area contributed by atoms with Crippen LogP contribution < -0.4 is 10.6 Å². The number of carbonyl (C=O) groups excluding carboxylic acids is 1. The van der Waals surface area contributed by atoms with Gasteiger partial charge < -0.3 is 20.5 Å². The van der Waals surface area contributed by atoms with E-state index >= 15 is 0 Å². The molecule has 5 heteroatoms. The zero-order chi connectivity index (χ0) is 13.1. The normalized spacial score (nSPS) is 14.3. The molecule has 0 saturated heterocycles. The first-order chi connectivity index (χ1) is 8.69.